The summed E-state index contributed by atoms with van der Waals surface area (Å²) in [7, 11) is 0. The van der Waals surface area contributed by atoms with E-state index in [0.717, 1.165) is 12.0 Å². The van der Waals surface area contributed by atoms with Crippen LogP contribution in [0.3, 0.4) is 0 Å². The number of H-pyrrole nitrogens is 1. The lowest BCUT2D eigenvalue weighted by Crippen LogP contribution is -2.29. The predicted molar refractivity (Wildman–Crippen MR) is 65.9 cm³/mol. The van der Waals surface area contributed by atoms with Gasteiger partial charge < -0.3 is 5.32 Å². The molecule has 0 bridgehead atoms. The van der Waals surface area contributed by atoms with Gasteiger partial charge in [-0.25, -0.2) is 0 Å². The molecule has 1 amide bonds. The monoisotopic (exact) mass is 245 g/mol. The van der Waals surface area contributed by atoms with Gasteiger partial charge >= 0.3 is 0 Å². The predicted octanol–water partition coefficient (Wildman–Crippen LogP) is 1.39. The molecule has 1 heterocycles. The van der Waals surface area contributed by atoms with Crippen molar-refractivity contribution in [3.63, 3.8) is 0 Å². The van der Waals surface area contributed by atoms with Crippen LogP contribution in [0.1, 0.15) is 41.1 Å². The zero-order chi connectivity index (χ0) is 13.0. The molecule has 0 aliphatic heterocycles. The molecule has 0 radical (unpaired) electrons. The summed E-state index contributed by atoms with van der Waals surface area (Å²) in [6.45, 7) is 4.05. The molecule has 2 N–H and O–H groups in total. The molecule has 6 heteroatoms. The van der Waals surface area contributed by atoms with E-state index in [2.05, 4.69) is 25.9 Å². The Morgan fingerprint density at radius 2 is 2.11 bits per heavy atom. The van der Waals surface area contributed by atoms with Gasteiger partial charge in [0.05, 0.1) is 6.04 Å². The van der Waals surface area contributed by atoms with Crippen LogP contribution in [0.5, 0.6) is 0 Å². The van der Waals surface area contributed by atoms with E-state index in [1.807, 2.05) is 38.1 Å². The zero-order valence-electron chi connectivity index (χ0n) is 10.3. The maximum atomic E-state index is 11.8. The maximum absolute atomic E-state index is 11.8. The number of tetrazole rings is 1. The largest absolute Gasteiger partial charge is 0.342 e. The average molecular weight is 245 g/mol. The molecule has 1 aromatic heterocycles. The van der Waals surface area contributed by atoms with Crippen molar-refractivity contribution in [3.05, 3.63) is 41.2 Å². The normalized spacial score (nSPS) is 12.1. The van der Waals surface area contributed by atoms with Gasteiger partial charge in [-0.1, -0.05) is 36.8 Å². The third-order valence-electron chi connectivity index (χ3n) is 2.74. The van der Waals surface area contributed by atoms with Gasteiger partial charge in [-0.2, -0.15) is 5.21 Å². The van der Waals surface area contributed by atoms with Crippen LogP contribution in [-0.4, -0.2) is 26.5 Å². The Morgan fingerprint density at radius 3 is 2.67 bits per heavy atom. The van der Waals surface area contributed by atoms with Crippen molar-refractivity contribution in [1.82, 2.24) is 25.9 Å². The molecule has 94 valence electrons. The number of aromatic nitrogens is 4. The van der Waals surface area contributed by atoms with Gasteiger partial charge in [0.2, 0.25) is 0 Å². The topological polar surface area (TPSA) is 83.6 Å². The third-order valence-corrected chi connectivity index (χ3v) is 2.74. The SMILES string of the molecule is CCC(NC(=O)c1nn[nH]n1)c1ccc(C)cc1. The van der Waals surface area contributed by atoms with E-state index in [1.54, 1.807) is 0 Å². The van der Waals surface area contributed by atoms with Crippen LogP contribution in [0.25, 0.3) is 0 Å². The molecule has 1 aromatic carbocycles. The van der Waals surface area contributed by atoms with Crippen LogP contribution in [0.2, 0.25) is 0 Å². The van der Waals surface area contributed by atoms with E-state index in [9.17, 15) is 4.79 Å². The first-order valence-corrected chi connectivity index (χ1v) is 5.81. The molecule has 2 aromatic rings. The molecular formula is C12H15N5O. The van der Waals surface area contributed by atoms with Crippen molar-refractivity contribution < 1.29 is 4.79 Å². The van der Waals surface area contributed by atoms with E-state index in [1.165, 1.54) is 5.56 Å². The minimum Gasteiger partial charge on any atom is -0.342 e. The number of aryl methyl sites for hydroxylation is 1. The number of carbonyl (C=O) groups is 1. The molecule has 18 heavy (non-hydrogen) atoms. The van der Waals surface area contributed by atoms with Crippen molar-refractivity contribution in [2.45, 2.75) is 26.3 Å². The lowest BCUT2D eigenvalue weighted by Gasteiger charge is -2.16. The number of aromatic amines is 1. The van der Waals surface area contributed by atoms with Crippen molar-refractivity contribution in [3.8, 4) is 0 Å². The summed E-state index contributed by atoms with van der Waals surface area (Å²) in [5.41, 5.74) is 2.26. The number of rotatable bonds is 4. The highest BCUT2D eigenvalue weighted by atomic mass is 16.2. The van der Waals surface area contributed by atoms with Crippen LogP contribution in [-0.2, 0) is 0 Å². The zero-order valence-corrected chi connectivity index (χ0v) is 10.3. The summed E-state index contributed by atoms with van der Waals surface area (Å²) >= 11 is 0. The fourth-order valence-electron chi connectivity index (χ4n) is 1.70. The average Bonchev–Trinajstić information content (AvgIpc) is 2.91. The van der Waals surface area contributed by atoms with E-state index in [0.29, 0.717) is 0 Å². The van der Waals surface area contributed by atoms with Gasteiger partial charge in [0, 0.05) is 0 Å². The number of benzene rings is 1. The Morgan fingerprint density at radius 1 is 1.39 bits per heavy atom. The van der Waals surface area contributed by atoms with Gasteiger partial charge in [-0.3, -0.25) is 4.79 Å². The molecule has 0 aliphatic carbocycles. The molecule has 0 spiro atoms. The van der Waals surface area contributed by atoms with Gasteiger partial charge in [-0.05, 0) is 24.1 Å². The number of hydrogen-bond acceptors (Lipinski definition) is 4. The Hall–Kier alpha value is -2.24. The summed E-state index contributed by atoms with van der Waals surface area (Å²) in [5.74, 6) is -0.267. The summed E-state index contributed by atoms with van der Waals surface area (Å²) < 4.78 is 0. The quantitative estimate of drug-likeness (QED) is 0.852. The molecule has 1 atom stereocenters. The van der Waals surface area contributed by atoms with Gasteiger partial charge in [0.1, 0.15) is 0 Å². The van der Waals surface area contributed by atoms with E-state index < -0.39 is 0 Å². The molecule has 0 fully saturated rings. The van der Waals surface area contributed by atoms with Crippen molar-refractivity contribution in [2.24, 2.45) is 0 Å². The Bertz CT molecular complexity index is 506. The van der Waals surface area contributed by atoms with Crippen LogP contribution in [0.4, 0.5) is 0 Å². The first-order valence-electron chi connectivity index (χ1n) is 5.81. The second kappa shape index (κ2) is 5.39. The van der Waals surface area contributed by atoms with Gasteiger partial charge in [0.25, 0.3) is 11.7 Å². The molecule has 0 saturated carbocycles. The van der Waals surface area contributed by atoms with Crippen molar-refractivity contribution in [1.29, 1.82) is 0 Å². The minimum atomic E-state index is -0.323. The number of amides is 1. The van der Waals surface area contributed by atoms with Crippen LogP contribution < -0.4 is 5.32 Å². The number of nitrogens with one attached hydrogen (secondary N) is 2. The van der Waals surface area contributed by atoms with E-state index >= 15 is 0 Å². The summed E-state index contributed by atoms with van der Waals surface area (Å²) in [5, 5.41) is 15.8. The molecule has 1 unspecified atom stereocenters. The number of nitrogens with zero attached hydrogens (tertiary/aromatic N) is 3. The standard InChI is InChI=1S/C12H15N5O/c1-3-10(9-6-4-8(2)5-7-9)13-12(18)11-14-16-17-15-11/h4-7,10H,3H2,1-2H3,(H,13,18)(H,14,15,16,17). The summed E-state index contributed by atoms with van der Waals surface area (Å²) in [6, 6.07) is 8.04. The van der Waals surface area contributed by atoms with Crippen molar-refractivity contribution >= 4 is 5.91 Å². The Balaban J connectivity index is 2.10. The summed E-state index contributed by atoms with van der Waals surface area (Å²) in [6.07, 6.45) is 0.798. The highest BCUT2D eigenvalue weighted by molar-refractivity contribution is 5.90. The third kappa shape index (κ3) is 2.71. The maximum Gasteiger partial charge on any atom is 0.293 e. The molecule has 0 saturated heterocycles. The highest BCUT2D eigenvalue weighted by Gasteiger charge is 2.16. The summed E-state index contributed by atoms with van der Waals surface area (Å²) in [4.78, 5) is 11.8. The second-order valence-electron chi connectivity index (χ2n) is 4.08. The lowest BCUT2D eigenvalue weighted by atomic mass is 10.0. The highest BCUT2D eigenvalue weighted by Crippen LogP contribution is 2.17. The van der Waals surface area contributed by atoms with E-state index in [4.69, 9.17) is 0 Å². The lowest BCUT2D eigenvalue weighted by molar-refractivity contribution is 0.0925. The second-order valence-corrected chi connectivity index (χ2v) is 4.08. The van der Waals surface area contributed by atoms with Gasteiger partial charge in [-0.15, -0.1) is 10.2 Å². The molecule has 2 rings (SSSR count). The van der Waals surface area contributed by atoms with E-state index in [-0.39, 0.29) is 17.8 Å². The van der Waals surface area contributed by atoms with Crippen LogP contribution in [0.15, 0.2) is 24.3 Å². The fraction of sp³-hybridized carbons (Fsp3) is 0.333. The van der Waals surface area contributed by atoms with Crippen LogP contribution in [0, 0.1) is 6.92 Å². The first-order chi connectivity index (χ1) is 8.70. The Labute approximate surface area is 105 Å². The van der Waals surface area contributed by atoms with Crippen LogP contribution >= 0.6 is 0 Å². The van der Waals surface area contributed by atoms with Gasteiger partial charge in [0.15, 0.2) is 0 Å². The molecule has 6 nitrogen and oxygen atoms in total. The molecule has 0 aliphatic rings. The smallest absolute Gasteiger partial charge is 0.293 e. The number of carbonyl (C=O) groups excluding carboxylic acids is 1. The first kappa shape index (κ1) is 12.2. The molecular weight excluding hydrogens is 230 g/mol. The fourth-order valence-corrected chi connectivity index (χ4v) is 1.70. The number of hydrogen-bond donors (Lipinski definition) is 2. The minimum absolute atomic E-state index is 0.0448. The Kier molecular flexibility index (Phi) is 3.66. The van der Waals surface area contributed by atoms with Crippen molar-refractivity contribution in [2.75, 3.05) is 0 Å².